The van der Waals surface area contributed by atoms with E-state index in [-0.39, 0.29) is 69.4 Å². The Balaban J connectivity index is 1.79. The SMILES string of the molecule is C=[N+]([O-])c1cc(Oc2ccc(NC(=O)Nc3cc(C(F)(F)F)cc(NC(=O)CCCCN=C(N)N)c3SCCN)cc2)cc(C(F)(F)F)c1. The van der Waals surface area contributed by atoms with Crippen LogP contribution < -0.4 is 37.9 Å². The number of amides is 3. The van der Waals surface area contributed by atoms with E-state index in [2.05, 4.69) is 27.7 Å². The van der Waals surface area contributed by atoms with Gasteiger partial charge in [0.25, 0.3) is 0 Å². The van der Waals surface area contributed by atoms with Crippen molar-refractivity contribution in [3.8, 4) is 11.5 Å². The van der Waals surface area contributed by atoms with Crippen molar-refractivity contribution in [1.29, 1.82) is 0 Å². The van der Waals surface area contributed by atoms with Gasteiger partial charge < -0.3 is 43.1 Å². The number of rotatable bonds is 14. The van der Waals surface area contributed by atoms with Crippen molar-refractivity contribution < 1.29 is 45.4 Å². The standard InChI is InChI=1S/C30H32F6N8O4S/c1-44(47)20-12-17(29(31,32)33)13-22(16-20)48-21-7-5-19(6-8-21)41-28(46)43-24-15-18(30(34,35)36)14-23(26(24)49-11-9-37)42-25(45)4-2-3-10-40-27(38)39/h5-8,12-16H,1-4,9-11,37H2,(H,42,45)(H4,38,39,40)(H2,41,43,46). The monoisotopic (exact) mass is 714 g/mol. The molecule has 264 valence electrons. The lowest BCUT2D eigenvalue weighted by atomic mass is 10.1. The van der Waals surface area contributed by atoms with Gasteiger partial charge in [-0.2, -0.15) is 31.1 Å². The van der Waals surface area contributed by atoms with E-state index in [4.69, 9.17) is 21.9 Å². The van der Waals surface area contributed by atoms with Crippen LogP contribution in [0.5, 0.6) is 11.5 Å². The number of nitrogens with two attached hydrogens (primary N) is 3. The Labute approximate surface area is 280 Å². The van der Waals surface area contributed by atoms with Crippen LogP contribution in [0.15, 0.2) is 64.5 Å². The highest BCUT2D eigenvalue weighted by molar-refractivity contribution is 7.99. The average molecular weight is 715 g/mol. The Morgan fingerprint density at radius 2 is 1.49 bits per heavy atom. The quantitative estimate of drug-likeness (QED) is 0.0160. The van der Waals surface area contributed by atoms with Crippen LogP contribution >= 0.6 is 11.8 Å². The molecule has 0 aliphatic carbocycles. The number of urea groups is 1. The van der Waals surface area contributed by atoms with Crippen molar-refractivity contribution in [2.45, 2.75) is 36.5 Å². The normalized spacial score (nSPS) is 11.4. The molecule has 0 spiro atoms. The van der Waals surface area contributed by atoms with E-state index in [0.29, 0.717) is 25.0 Å². The molecule has 0 radical (unpaired) electrons. The molecule has 0 heterocycles. The highest BCUT2D eigenvalue weighted by Gasteiger charge is 2.34. The molecule has 0 saturated heterocycles. The van der Waals surface area contributed by atoms with Gasteiger partial charge in [-0.3, -0.25) is 9.79 Å². The van der Waals surface area contributed by atoms with E-state index in [1.165, 1.54) is 24.3 Å². The number of guanidine groups is 1. The minimum Gasteiger partial charge on any atom is -0.619 e. The van der Waals surface area contributed by atoms with Crippen molar-refractivity contribution in [3.05, 3.63) is 70.9 Å². The smallest absolute Gasteiger partial charge is 0.416 e. The molecular weight excluding hydrogens is 682 g/mol. The van der Waals surface area contributed by atoms with Gasteiger partial charge in [0.15, 0.2) is 5.96 Å². The van der Waals surface area contributed by atoms with Gasteiger partial charge in [-0.15, -0.1) is 11.8 Å². The lowest BCUT2D eigenvalue weighted by Crippen LogP contribution is -2.23. The Kier molecular flexibility index (Phi) is 13.1. The van der Waals surface area contributed by atoms with Gasteiger partial charge in [-0.05, 0) is 55.3 Å². The van der Waals surface area contributed by atoms with Crippen LogP contribution in [-0.4, -0.2) is 48.2 Å². The molecule has 0 saturated carbocycles. The third kappa shape index (κ3) is 12.1. The summed E-state index contributed by atoms with van der Waals surface area (Å²) in [5.74, 6) is -0.725. The molecule has 0 aliphatic heterocycles. The number of ether oxygens (including phenoxy) is 1. The fourth-order valence-electron chi connectivity index (χ4n) is 4.09. The lowest BCUT2D eigenvalue weighted by molar-refractivity contribution is -0.350. The molecule has 49 heavy (non-hydrogen) atoms. The number of unbranched alkanes of at least 4 members (excludes halogenated alkanes) is 1. The summed E-state index contributed by atoms with van der Waals surface area (Å²) in [4.78, 5) is 29.5. The summed E-state index contributed by atoms with van der Waals surface area (Å²) >= 11 is 1.02. The third-order valence-corrected chi connectivity index (χ3v) is 7.43. The van der Waals surface area contributed by atoms with Crippen molar-refractivity contribution in [1.82, 2.24) is 0 Å². The maximum atomic E-state index is 13.9. The summed E-state index contributed by atoms with van der Waals surface area (Å²) in [6.45, 7) is 3.45. The highest BCUT2D eigenvalue weighted by atomic mass is 32.2. The van der Waals surface area contributed by atoms with Gasteiger partial charge in [0.2, 0.25) is 11.6 Å². The minimum absolute atomic E-state index is 0.00583. The minimum atomic E-state index is -4.83. The van der Waals surface area contributed by atoms with Gasteiger partial charge in [-0.25, -0.2) is 4.79 Å². The van der Waals surface area contributed by atoms with Crippen LogP contribution in [-0.2, 0) is 17.1 Å². The Bertz CT molecular complexity index is 1680. The highest BCUT2D eigenvalue weighted by Crippen LogP contribution is 2.41. The number of hydrogen-bond donors (Lipinski definition) is 6. The summed E-state index contributed by atoms with van der Waals surface area (Å²) in [6, 6.07) is 8.12. The van der Waals surface area contributed by atoms with Gasteiger partial charge in [0, 0.05) is 37.0 Å². The van der Waals surface area contributed by atoms with Gasteiger partial charge in [-0.1, -0.05) is 0 Å². The first-order valence-corrected chi connectivity index (χ1v) is 15.2. The van der Waals surface area contributed by atoms with E-state index >= 15 is 0 Å². The lowest BCUT2D eigenvalue weighted by Gasteiger charge is -2.19. The van der Waals surface area contributed by atoms with E-state index in [0.717, 1.165) is 30.0 Å². The maximum absolute atomic E-state index is 13.9. The van der Waals surface area contributed by atoms with E-state index in [1.807, 2.05) is 0 Å². The molecule has 0 fully saturated rings. The molecule has 3 amide bonds. The topological polar surface area (TPSA) is 196 Å². The van der Waals surface area contributed by atoms with E-state index < -0.39 is 41.1 Å². The number of thioether (sulfide) groups is 1. The molecule has 12 nitrogen and oxygen atoms in total. The first-order chi connectivity index (χ1) is 23.0. The molecule has 3 aromatic rings. The number of benzene rings is 3. The van der Waals surface area contributed by atoms with Crippen molar-refractivity contribution in [2.24, 2.45) is 22.2 Å². The van der Waals surface area contributed by atoms with Crippen molar-refractivity contribution in [3.63, 3.8) is 0 Å². The van der Waals surface area contributed by atoms with Crippen LogP contribution in [0.2, 0.25) is 0 Å². The zero-order chi connectivity index (χ0) is 36.4. The second-order valence-corrected chi connectivity index (χ2v) is 11.2. The number of carbonyl (C=O) groups excluding carboxylic acids is 2. The number of alkyl halides is 6. The van der Waals surface area contributed by atoms with Crippen molar-refractivity contribution in [2.75, 3.05) is 34.8 Å². The zero-order valence-corrected chi connectivity index (χ0v) is 26.4. The molecule has 19 heteroatoms. The fraction of sp³-hybridized carbons (Fsp3) is 0.267. The molecule has 9 N–H and O–H groups in total. The second kappa shape index (κ2) is 16.8. The molecule has 0 unspecified atom stereocenters. The zero-order valence-electron chi connectivity index (χ0n) is 25.6. The fourth-order valence-corrected chi connectivity index (χ4v) is 4.94. The molecule has 0 aliphatic rings. The van der Waals surface area contributed by atoms with Crippen molar-refractivity contribution >= 4 is 59.1 Å². The first kappa shape index (κ1) is 38.3. The second-order valence-electron chi connectivity index (χ2n) is 10.1. The number of nitrogens with one attached hydrogen (secondary N) is 3. The van der Waals surface area contributed by atoms with Gasteiger partial charge >= 0.3 is 18.4 Å². The Morgan fingerprint density at radius 1 is 0.878 bits per heavy atom. The van der Waals surface area contributed by atoms with Gasteiger partial charge in [0.05, 0.1) is 33.5 Å². The largest absolute Gasteiger partial charge is 0.619 e. The summed E-state index contributed by atoms with van der Waals surface area (Å²) in [5.41, 5.74) is 13.1. The average Bonchev–Trinajstić information content (AvgIpc) is 3.00. The molecule has 3 rings (SSSR count). The number of nitrogens with zero attached hydrogens (tertiary/aromatic N) is 2. The molecular formula is C30H32F6N8O4S. The molecule has 0 aromatic heterocycles. The predicted octanol–water partition coefficient (Wildman–Crippen LogP) is 6.44. The summed E-state index contributed by atoms with van der Waals surface area (Å²) < 4.78 is 86.9. The molecule has 3 aromatic carbocycles. The number of hydrogen-bond acceptors (Lipinski definition) is 7. The number of carbonyl (C=O) groups is 2. The van der Waals surface area contributed by atoms with Crippen LogP contribution in [0.4, 0.5) is 53.9 Å². The van der Waals surface area contributed by atoms with Crippen LogP contribution in [0.25, 0.3) is 0 Å². The van der Waals surface area contributed by atoms with E-state index in [1.54, 1.807) is 0 Å². The maximum Gasteiger partial charge on any atom is 0.416 e. The summed E-state index contributed by atoms with van der Waals surface area (Å²) in [5, 5.41) is 18.8. The number of anilines is 3. The summed E-state index contributed by atoms with van der Waals surface area (Å²) in [6.07, 6.45) is -8.84. The third-order valence-electron chi connectivity index (χ3n) is 6.26. The van der Waals surface area contributed by atoms with Crippen LogP contribution in [0.3, 0.4) is 0 Å². The first-order valence-electron chi connectivity index (χ1n) is 14.3. The number of halogens is 6. The Morgan fingerprint density at radius 3 is 2.06 bits per heavy atom. The molecule has 0 atom stereocenters. The Hall–Kier alpha value is -5.17. The van der Waals surface area contributed by atoms with Crippen LogP contribution in [0.1, 0.15) is 30.4 Å². The van der Waals surface area contributed by atoms with Crippen LogP contribution in [0, 0.1) is 5.21 Å². The van der Waals surface area contributed by atoms with E-state index in [9.17, 15) is 41.1 Å². The summed E-state index contributed by atoms with van der Waals surface area (Å²) in [7, 11) is 0. The number of aliphatic imine (C=N–C) groups is 1. The molecule has 0 bridgehead atoms. The van der Waals surface area contributed by atoms with Gasteiger partial charge in [0.1, 0.15) is 18.2 Å². The predicted molar refractivity (Wildman–Crippen MR) is 175 cm³/mol.